The fourth-order valence-corrected chi connectivity index (χ4v) is 2.92. The fraction of sp³-hybridized carbons (Fsp3) is 0.235. The first-order valence-corrected chi connectivity index (χ1v) is 7.97. The first kappa shape index (κ1) is 15.4. The summed E-state index contributed by atoms with van der Waals surface area (Å²) < 4.78 is 0. The normalized spacial score (nSPS) is 10.3. The maximum Gasteiger partial charge on any atom is 0.224 e. The van der Waals surface area contributed by atoms with Crippen LogP contribution in [0.3, 0.4) is 0 Å². The number of hydrogen-bond acceptors (Lipinski definition) is 3. The number of rotatable bonds is 6. The van der Waals surface area contributed by atoms with Crippen molar-refractivity contribution >= 4 is 29.0 Å². The average molecular weight is 300 g/mol. The molecule has 0 aliphatic carbocycles. The number of aryl methyl sites for hydroxylation is 1. The quantitative estimate of drug-likeness (QED) is 0.480. The lowest BCUT2D eigenvalue weighted by Crippen LogP contribution is -2.12. The van der Waals surface area contributed by atoms with Gasteiger partial charge < -0.3 is 11.1 Å². The Morgan fingerprint density at radius 2 is 2.00 bits per heavy atom. The van der Waals surface area contributed by atoms with Gasteiger partial charge >= 0.3 is 0 Å². The lowest BCUT2D eigenvalue weighted by Gasteiger charge is -2.07. The average Bonchev–Trinajstić information content (AvgIpc) is 2.46. The molecule has 2 aromatic carbocycles. The van der Waals surface area contributed by atoms with Crippen LogP contribution in [0.5, 0.6) is 0 Å². The van der Waals surface area contributed by atoms with Gasteiger partial charge in [-0.15, -0.1) is 11.8 Å². The second-order valence-corrected chi connectivity index (χ2v) is 6.07. The molecular weight excluding hydrogens is 280 g/mol. The summed E-state index contributed by atoms with van der Waals surface area (Å²) in [6.45, 7) is 2.09. The number of nitrogen functional groups attached to an aromatic ring is 1. The number of benzene rings is 2. The van der Waals surface area contributed by atoms with Gasteiger partial charge in [0.05, 0.1) is 11.4 Å². The zero-order chi connectivity index (χ0) is 15.1. The Kier molecular flexibility index (Phi) is 5.69. The van der Waals surface area contributed by atoms with Crippen molar-refractivity contribution in [3.8, 4) is 0 Å². The minimum atomic E-state index is 0.0118. The molecule has 0 spiro atoms. The zero-order valence-electron chi connectivity index (χ0n) is 12.1. The van der Waals surface area contributed by atoms with Gasteiger partial charge in [-0.2, -0.15) is 0 Å². The van der Waals surface area contributed by atoms with Crippen molar-refractivity contribution in [1.29, 1.82) is 0 Å². The Balaban J connectivity index is 1.71. The van der Waals surface area contributed by atoms with E-state index in [2.05, 4.69) is 36.5 Å². The van der Waals surface area contributed by atoms with Gasteiger partial charge in [-0.1, -0.05) is 29.8 Å². The van der Waals surface area contributed by atoms with Crippen LogP contribution < -0.4 is 11.1 Å². The lowest BCUT2D eigenvalue weighted by atomic mass is 10.2. The van der Waals surface area contributed by atoms with Gasteiger partial charge in [-0.25, -0.2) is 0 Å². The smallest absolute Gasteiger partial charge is 0.224 e. The molecule has 3 nitrogen and oxygen atoms in total. The largest absolute Gasteiger partial charge is 0.397 e. The van der Waals surface area contributed by atoms with Gasteiger partial charge in [0, 0.05) is 11.3 Å². The van der Waals surface area contributed by atoms with Crippen LogP contribution in [0, 0.1) is 6.92 Å². The molecule has 0 radical (unpaired) electrons. The second-order valence-electron chi connectivity index (χ2n) is 4.90. The molecular formula is C17H20N2OS. The number of hydrogen-bond donors (Lipinski definition) is 2. The summed E-state index contributed by atoms with van der Waals surface area (Å²) in [7, 11) is 0. The molecule has 0 bridgehead atoms. The van der Waals surface area contributed by atoms with Crippen molar-refractivity contribution in [2.75, 3.05) is 16.8 Å². The second kappa shape index (κ2) is 7.74. The van der Waals surface area contributed by atoms with Crippen molar-refractivity contribution in [3.63, 3.8) is 0 Å². The molecule has 2 aromatic rings. The molecule has 0 fully saturated rings. The van der Waals surface area contributed by atoms with Gasteiger partial charge in [-0.05, 0) is 43.4 Å². The zero-order valence-corrected chi connectivity index (χ0v) is 13.0. The molecule has 2 rings (SSSR count). The van der Waals surface area contributed by atoms with E-state index in [1.54, 1.807) is 17.8 Å². The molecule has 4 heteroatoms. The third kappa shape index (κ3) is 5.16. The minimum Gasteiger partial charge on any atom is -0.397 e. The summed E-state index contributed by atoms with van der Waals surface area (Å²) in [6.07, 6.45) is 1.35. The molecule has 0 heterocycles. The molecule has 0 saturated heterocycles. The van der Waals surface area contributed by atoms with Crippen molar-refractivity contribution < 1.29 is 4.79 Å². The molecule has 110 valence electrons. The van der Waals surface area contributed by atoms with Crippen molar-refractivity contribution in [2.24, 2.45) is 0 Å². The summed E-state index contributed by atoms with van der Waals surface area (Å²) in [4.78, 5) is 13.1. The van der Waals surface area contributed by atoms with E-state index >= 15 is 0 Å². The summed E-state index contributed by atoms with van der Waals surface area (Å²) >= 11 is 1.78. The van der Waals surface area contributed by atoms with E-state index in [0.717, 1.165) is 12.2 Å². The Bertz CT molecular complexity index is 613. The van der Waals surface area contributed by atoms with E-state index in [1.165, 1.54) is 10.5 Å². The van der Waals surface area contributed by atoms with Crippen molar-refractivity contribution in [2.45, 2.75) is 24.7 Å². The monoisotopic (exact) mass is 300 g/mol. The highest BCUT2D eigenvalue weighted by atomic mass is 32.2. The number of carbonyl (C=O) groups excluding carboxylic acids is 1. The minimum absolute atomic E-state index is 0.0118. The third-order valence-corrected chi connectivity index (χ3v) is 4.12. The predicted octanol–water partition coefficient (Wildman–Crippen LogP) is 4.09. The number of nitrogens with one attached hydrogen (secondary N) is 1. The maximum absolute atomic E-state index is 11.9. The third-order valence-electron chi connectivity index (χ3n) is 3.04. The number of para-hydroxylation sites is 2. The molecule has 0 saturated carbocycles. The van der Waals surface area contributed by atoms with E-state index < -0.39 is 0 Å². The Labute approximate surface area is 129 Å². The van der Waals surface area contributed by atoms with Gasteiger partial charge in [0.2, 0.25) is 5.91 Å². The Morgan fingerprint density at radius 1 is 1.19 bits per heavy atom. The summed E-state index contributed by atoms with van der Waals surface area (Å²) in [5.74, 6) is 0.943. The molecule has 0 atom stereocenters. The fourth-order valence-electron chi connectivity index (χ4n) is 1.95. The highest BCUT2D eigenvalue weighted by molar-refractivity contribution is 7.99. The SMILES string of the molecule is Cc1cccc(SCCCC(=O)Nc2ccccc2N)c1. The Morgan fingerprint density at radius 3 is 2.76 bits per heavy atom. The summed E-state index contributed by atoms with van der Waals surface area (Å²) in [6, 6.07) is 15.7. The van der Waals surface area contributed by atoms with Crippen LogP contribution in [-0.4, -0.2) is 11.7 Å². The number of anilines is 2. The number of nitrogens with two attached hydrogens (primary N) is 1. The summed E-state index contributed by atoms with van der Waals surface area (Å²) in [5, 5.41) is 2.84. The van der Waals surface area contributed by atoms with E-state index in [-0.39, 0.29) is 5.91 Å². The van der Waals surface area contributed by atoms with E-state index in [0.29, 0.717) is 17.8 Å². The molecule has 0 aliphatic heterocycles. The molecule has 21 heavy (non-hydrogen) atoms. The predicted molar refractivity (Wildman–Crippen MR) is 90.6 cm³/mol. The van der Waals surface area contributed by atoms with Gasteiger partial charge in [0.25, 0.3) is 0 Å². The van der Waals surface area contributed by atoms with Crippen molar-refractivity contribution in [1.82, 2.24) is 0 Å². The van der Waals surface area contributed by atoms with Crippen LogP contribution >= 0.6 is 11.8 Å². The molecule has 3 N–H and O–H groups in total. The van der Waals surface area contributed by atoms with Crippen LogP contribution in [0.2, 0.25) is 0 Å². The van der Waals surface area contributed by atoms with Gasteiger partial charge in [0.1, 0.15) is 0 Å². The van der Waals surface area contributed by atoms with E-state index in [9.17, 15) is 4.79 Å². The molecule has 0 aromatic heterocycles. The van der Waals surface area contributed by atoms with Crippen LogP contribution in [0.1, 0.15) is 18.4 Å². The number of amides is 1. The first-order valence-electron chi connectivity index (χ1n) is 6.99. The molecule has 0 aliphatic rings. The van der Waals surface area contributed by atoms with E-state index in [4.69, 9.17) is 5.73 Å². The molecule has 0 unspecified atom stereocenters. The van der Waals surface area contributed by atoms with Gasteiger partial charge in [-0.3, -0.25) is 4.79 Å². The highest BCUT2D eigenvalue weighted by Crippen LogP contribution is 2.21. The van der Waals surface area contributed by atoms with Gasteiger partial charge in [0.15, 0.2) is 0 Å². The maximum atomic E-state index is 11.9. The first-order chi connectivity index (χ1) is 10.1. The van der Waals surface area contributed by atoms with E-state index in [1.807, 2.05) is 18.2 Å². The van der Waals surface area contributed by atoms with Crippen LogP contribution in [0.25, 0.3) is 0 Å². The number of thioether (sulfide) groups is 1. The van der Waals surface area contributed by atoms with Crippen molar-refractivity contribution in [3.05, 3.63) is 54.1 Å². The summed E-state index contributed by atoms with van der Waals surface area (Å²) in [5.41, 5.74) is 8.34. The number of carbonyl (C=O) groups is 1. The van der Waals surface area contributed by atoms with Crippen LogP contribution in [0.4, 0.5) is 11.4 Å². The highest BCUT2D eigenvalue weighted by Gasteiger charge is 2.04. The molecule has 1 amide bonds. The standard InChI is InChI=1S/C17H20N2OS/c1-13-6-4-7-14(12-13)21-11-5-10-17(20)19-16-9-3-2-8-15(16)18/h2-4,6-9,12H,5,10-11,18H2,1H3,(H,19,20). The Hall–Kier alpha value is -1.94. The lowest BCUT2D eigenvalue weighted by molar-refractivity contribution is -0.116. The van der Waals surface area contributed by atoms with Crippen LogP contribution in [0.15, 0.2) is 53.4 Å². The van der Waals surface area contributed by atoms with Crippen LogP contribution in [-0.2, 0) is 4.79 Å². The topological polar surface area (TPSA) is 55.1 Å².